The Morgan fingerprint density at radius 1 is 1.14 bits per heavy atom. The topological polar surface area (TPSA) is 66.5 Å². The molecular weight excluding hydrogens is 379 g/mol. The van der Waals surface area contributed by atoms with Crippen LogP contribution in [-0.4, -0.2) is 31.7 Å². The quantitative estimate of drug-likeness (QED) is 0.793. The highest BCUT2D eigenvalue weighted by Gasteiger charge is 2.30. The van der Waals surface area contributed by atoms with Crippen molar-refractivity contribution in [2.45, 2.75) is 37.5 Å². The molecule has 1 aliphatic heterocycles. The zero-order chi connectivity index (χ0) is 20.1. The number of halogens is 1. The third-order valence-electron chi connectivity index (χ3n) is 5.05. The standard InChI is InChI=1S/C21H25FN2O3S/c1-16-4-11-20(12-5-16)28(26,27)24-14-2-3-17(15-24)6-13-21(25)23-19-9-7-18(22)8-10-19/h4-5,7-12,17H,2-3,6,13-15H2,1H3,(H,23,25). The maximum atomic E-state index is 12.9. The van der Waals surface area contributed by atoms with Crippen molar-refractivity contribution in [1.82, 2.24) is 4.31 Å². The predicted molar refractivity (Wildman–Crippen MR) is 107 cm³/mol. The van der Waals surface area contributed by atoms with E-state index in [4.69, 9.17) is 0 Å². The Balaban J connectivity index is 1.55. The molecule has 1 fully saturated rings. The highest BCUT2D eigenvalue weighted by atomic mass is 32.2. The van der Waals surface area contributed by atoms with Crippen LogP contribution >= 0.6 is 0 Å². The number of carbonyl (C=O) groups excluding carboxylic acids is 1. The Labute approximate surface area is 165 Å². The van der Waals surface area contributed by atoms with Crippen LogP contribution in [0.25, 0.3) is 0 Å². The number of anilines is 1. The average molecular weight is 405 g/mol. The molecule has 1 heterocycles. The number of hydrogen-bond donors (Lipinski definition) is 1. The van der Waals surface area contributed by atoms with Crippen LogP contribution in [0.2, 0.25) is 0 Å². The zero-order valence-electron chi connectivity index (χ0n) is 15.9. The number of rotatable bonds is 6. The second-order valence-corrected chi connectivity index (χ2v) is 9.22. The summed E-state index contributed by atoms with van der Waals surface area (Å²) >= 11 is 0. The largest absolute Gasteiger partial charge is 0.326 e. The van der Waals surface area contributed by atoms with Crippen molar-refractivity contribution in [3.05, 3.63) is 59.9 Å². The fraction of sp³-hybridized carbons (Fsp3) is 0.381. The number of nitrogens with one attached hydrogen (secondary N) is 1. The molecule has 28 heavy (non-hydrogen) atoms. The summed E-state index contributed by atoms with van der Waals surface area (Å²) in [5.74, 6) is -0.354. The molecule has 1 saturated heterocycles. The predicted octanol–water partition coefficient (Wildman–Crippen LogP) is 3.95. The van der Waals surface area contributed by atoms with E-state index >= 15 is 0 Å². The minimum Gasteiger partial charge on any atom is -0.326 e. The van der Waals surface area contributed by atoms with Crippen molar-refractivity contribution in [2.75, 3.05) is 18.4 Å². The highest BCUT2D eigenvalue weighted by molar-refractivity contribution is 7.89. The zero-order valence-corrected chi connectivity index (χ0v) is 16.7. The molecule has 1 aliphatic rings. The van der Waals surface area contributed by atoms with Gasteiger partial charge < -0.3 is 5.32 Å². The summed E-state index contributed by atoms with van der Waals surface area (Å²) < 4.78 is 40.2. The van der Waals surface area contributed by atoms with Crippen molar-refractivity contribution >= 4 is 21.6 Å². The number of sulfonamides is 1. The van der Waals surface area contributed by atoms with Gasteiger partial charge in [-0.15, -0.1) is 0 Å². The molecule has 1 N–H and O–H groups in total. The molecule has 1 unspecified atom stereocenters. The Morgan fingerprint density at radius 3 is 2.50 bits per heavy atom. The number of benzene rings is 2. The van der Waals surface area contributed by atoms with Crippen molar-refractivity contribution in [1.29, 1.82) is 0 Å². The third kappa shape index (κ3) is 5.17. The van der Waals surface area contributed by atoms with E-state index in [1.165, 1.54) is 28.6 Å². The normalized spacial score (nSPS) is 18.0. The maximum Gasteiger partial charge on any atom is 0.243 e. The first-order valence-corrected chi connectivity index (χ1v) is 10.9. The molecule has 2 aromatic rings. The van der Waals surface area contributed by atoms with Gasteiger partial charge in [-0.05, 0) is 68.5 Å². The monoisotopic (exact) mass is 404 g/mol. The Bertz CT molecular complexity index is 912. The lowest BCUT2D eigenvalue weighted by atomic mass is 9.94. The van der Waals surface area contributed by atoms with Crippen LogP contribution in [0.5, 0.6) is 0 Å². The van der Waals surface area contributed by atoms with Gasteiger partial charge in [0.2, 0.25) is 15.9 Å². The molecule has 3 rings (SSSR count). The molecule has 7 heteroatoms. The molecule has 1 amide bonds. The number of hydrogen-bond acceptors (Lipinski definition) is 3. The fourth-order valence-corrected chi connectivity index (χ4v) is 4.99. The molecule has 5 nitrogen and oxygen atoms in total. The molecule has 0 aliphatic carbocycles. The van der Waals surface area contributed by atoms with Gasteiger partial charge in [-0.3, -0.25) is 4.79 Å². The highest BCUT2D eigenvalue weighted by Crippen LogP contribution is 2.26. The van der Waals surface area contributed by atoms with Crippen molar-refractivity contribution in [3.63, 3.8) is 0 Å². The van der Waals surface area contributed by atoms with Gasteiger partial charge in [-0.2, -0.15) is 4.31 Å². The van der Waals surface area contributed by atoms with Crippen molar-refractivity contribution in [2.24, 2.45) is 5.92 Å². The minimum atomic E-state index is -3.51. The van der Waals surface area contributed by atoms with Gasteiger partial charge in [-0.25, -0.2) is 12.8 Å². The molecular formula is C21H25FN2O3S. The molecule has 0 saturated carbocycles. The van der Waals surface area contributed by atoms with E-state index in [9.17, 15) is 17.6 Å². The van der Waals surface area contributed by atoms with Crippen LogP contribution in [0, 0.1) is 18.7 Å². The van der Waals surface area contributed by atoms with E-state index in [1.54, 1.807) is 24.3 Å². The van der Waals surface area contributed by atoms with E-state index in [-0.39, 0.29) is 17.6 Å². The van der Waals surface area contributed by atoms with Crippen LogP contribution < -0.4 is 5.32 Å². The average Bonchev–Trinajstić information content (AvgIpc) is 2.69. The summed E-state index contributed by atoms with van der Waals surface area (Å²) in [5.41, 5.74) is 1.57. The summed E-state index contributed by atoms with van der Waals surface area (Å²) in [7, 11) is -3.51. The van der Waals surface area contributed by atoms with Crippen LogP contribution in [0.4, 0.5) is 10.1 Å². The number of aryl methyl sites for hydroxylation is 1. The lowest BCUT2D eigenvalue weighted by Crippen LogP contribution is -2.40. The van der Waals surface area contributed by atoms with Gasteiger partial charge in [0.25, 0.3) is 0 Å². The molecule has 0 bridgehead atoms. The second kappa shape index (κ2) is 8.84. The van der Waals surface area contributed by atoms with Crippen LogP contribution in [0.3, 0.4) is 0 Å². The summed E-state index contributed by atoms with van der Waals surface area (Å²) in [6.45, 7) is 2.86. The second-order valence-electron chi connectivity index (χ2n) is 7.28. The molecule has 0 spiro atoms. The van der Waals surface area contributed by atoms with Crippen LogP contribution in [-0.2, 0) is 14.8 Å². The number of amides is 1. The summed E-state index contributed by atoms with van der Waals surface area (Å²) in [4.78, 5) is 12.4. The van der Waals surface area contributed by atoms with Crippen LogP contribution in [0.15, 0.2) is 53.4 Å². The first-order valence-electron chi connectivity index (χ1n) is 9.47. The van der Waals surface area contributed by atoms with E-state index in [1.807, 2.05) is 6.92 Å². The van der Waals surface area contributed by atoms with E-state index in [2.05, 4.69) is 5.32 Å². The summed E-state index contributed by atoms with van der Waals surface area (Å²) in [6, 6.07) is 12.5. The number of carbonyl (C=O) groups is 1. The molecule has 0 radical (unpaired) electrons. The first-order chi connectivity index (χ1) is 13.3. The molecule has 150 valence electrons. The third-order valence-corrected chi connectivity index (χ3v) is 6.93. The number of piperidine rings is 1. The Hall–Kier alpha value is -2.25. The van der Waals surface area contributed by atoms with E-state index in [0.29, 0.717) is 36.5 Å². The van der Waals surface area contributed by atoms with Gasteiger partial charge in [0.1, 0.15) is 5.82 Å². The van der Waals surface area contributed by atoms with Gasteiger partial charge in [0.15, 0.2) is 0 Å². The smallest absolute Gasteiger partial charge is 0.243 e. The van der Waals surface area contributed by atoms with Gasteiger partial charge >= 0.3 is 0 Å². The summed E-state index contributed by atoms with van der Waals surface area (Å²) in [5, 5.41) is 2.74. The SMILES string of the molecule is Cc1ccc(S(=O)(=O)N2CCCC(CCC(=O)Nc3ccc(F)cc3)C2)cc1. The van der Waals surface area contributed by atoms with Crippen LogP contribution in [0.1, 0.15) is 31.2 Å². The maximum absolute atomic E-state index is 12.9. The number of nitrogens with zero attached hydrogens (tertiary/aromatic N) is 1. The lowest BCUT2D eigenvalue weighted by Gasteiger charge is -2.32. The molecule has 1 atom stereocenters. The van der Waals surface area contributed by atoms with E-state index in [0.717, 1.165) is 18.4 Å². The Kier molecular flexibility index (Phi) is 6.46. The van der Waals surface area contributed by atoms with E-state index < -0.39 is 10.0 Å². The first kappa shape index (κ1) is 20.5. The lowest BCUT2D eigenvalue weighted by molar-refractivity contribution is -0.116. The van der Waals surface area contributed by atoms with Gasteiger partial charge in [-0.1, -0.05) is 17.7 Å². The van der Waals surface area contributed by atoms with Gasteiger partial charge in [0, 0.05) is 25.2 Å². The molecule has 0 aromatic heterocycles. The molecule has 2 aromatic carbocycles. The van der Waals surface area contributed by atoms with Gasteiger partial charge in [0.05, 0.1) is 4.90 Å². The minimum absolute atomic E-state index is 0.146. The van der Waals surface area contributed by atoms with Crippen molar-refractivity contribution < 1.29 is 17.6 Å². The summed E-state index contributed by atoms with van der Waals surface area (Å²) in [6.07, 6.45) is 2.62. The van der Waals surface area contributed by atoms with Crippen molar-refractivity contribution in [3.8, 4) is 0 Å². The Morgan fingerprint density at radius 2 is 1.82 bits per heavy atom. The fourth-order valence-electron chi connectivity index (χ4n) is 3.43.